The van der Waals surface area contributed by atoms with Gasteiger partial charge < -0.3 is 9.84 Å². The Hall–Kier alpha value is -4.79. The first-order valence-corrected chi connectivity index (χ1v) is 14.2. The zero-order valence-electron chi connectivity index (χ0n) is 22.1. The second-order valence-corrected chi connectivity index (χ2v) is 11.2. The monoisotopic (exact) mass is 678 g/mol. The molecule has 3 aromatic carbocycles. The van der Waals surface area contributed by atoms with Crippen LogP contribution in [0.5, 0.6) is 11.5 Å². The fourth-order valence-electron chi connectivity index (χ4n) is 5.96. The quantitative estimate of drug-likeness (QED) is 0.229. The summed E-state index contributed by atoms with van der Waals surface area (Å²) in [6.45, 7) is 0.0294. The van der Waals surface area contributed by atoms with E-state index >= 15 is 0 Å². The van der Waals surface area contributed by atoms with Gasteiger partial charge in [0.15, 0.2) is 11.5 Å². The smallest absolute Gasteiger partial charge is 0.352 e. The van der Waals surface area contributed by atoms with Gasteiger partial charge in [-0.2, -0.15) is 0 Å². The van der Waals surface area contributed by atoms with Crippen LogP contribution >= 0.6 is 22.6 Å². The molecule has 212 valence electrons. The largest absolute Gasteiger partial charge is 0.504 e. The van der Waals surface area contributed by atoms with E-state index < -0.39 is 34.8 Å². The molecule has 0 bridgehead atoms. The number of hydrogen-bond donors (Lipinski definition) is 1. The zero-order chi connectivity index (χ0) is 29.3. The van der Waals surface area contributed by atoms with Gasteiger partial charge in [0.1, 0.15) is 6.04 Å². The summed E-state index contributed by atoms with van der Waals surface area (Å²) in [5.74, 6) is 0.146. The Morgan fingerprint density at radius 2 is 1.36 bits per heavy atom. The lowest BCUT2D eigenvalue weighted by Gasteiger charge is -2.37. The molecule has 0 saturated carbocycles. The number of phenolic OH excluding ortho intramolecular Hbond substituents is 1. The molecule has 12 nitrogen and oxygen atoms in total. The molecule has 0 unspecified atom stereocenters. The van der Waals surface area contributed by atoms with Crippen LogP contribution in [0, 0.1) is 3.57 Å². The van der Waals surface area contributed by atoms with Crippen molar-refractivity contribution in [1.82, 2.24) is 27.9 Å². The number of hydrogen-bond acceptors (Lipinski definition) is 6. The Kier molecular flexibility index (Phi) is 6.00. The van der Waals surface area contributed by atoms with Crippen LogP contribution in [0.3, 0.4) is 0 Å². The third-order valence-corrected chi connectivity index (χ3v) is 8.64. The second kappa shape index (κ2) is 9.65. The number of rotatable bonds is 4. The fraction of sp³-hybridized carbons (Fsp3) is 0.172. The van der Waals surface area contributed by atoms with E-state index in [4.69, 9.17) is 4.74 Å². The average molecular weight is 678 g/mol. The molecule has 2 aromatic heterocycles. The molecule has 2 atom stereocenters. The third-order valence-electron chi connectivity index (χ3n) is 7.82. The number of aromatic nitrogens is 6. The molecule has 42 heavy (non-hydrogen) atoms. The fourth-order valence-corrected chi connectivity index (χ4v) is 6.59. The highest BCUT2D eigenvalue weighted by Gasteiger charge is 2.42. The predicted octanol–water partition coefficient (Wildman–Crippen LogP) is 2.02. The van der Waals surface area contributed by atoms with Crippen LogP contribution < -0.4 is 27.5 Å². The van der Waals surface area contributed by atoms with Gasteiger partial charge in [-0.1, -0.05) is 42.5 Å². The number of allylic oxidation sites excluding steroid dienone is 2. The molecule has 0 radical (unpaired) electrons. The van der Waals surface area contributed by atoms with E-state index in [1.165, 1.54) is 25.8 Å². The van der Waals surface area contributed by atoms with Crippen molar-refractivity contribution >= 4 is 22.6 Å². The van der Waals surface area contributed by atoms with E-state index in [0.717, 1.165) is 9.13 Å². The van der Waals surface area contributed by atoms with Crippen molar-refractivity contribution in [2.24, 2.45) is 0 Å². The summed E-state index contributed by atoms with van der Waals surface area (Å²) in [5.41, 5.74) is -0.130. The summed E-state index contributed by atoms with van der Waals surface area (Å²) < 4.78 is 13.5. The van der Waals surface area contributed by atoms with Crippen LogP contribution in [0.15, 0.2) is 104 Å². The van der Waals surface area contributed by atoms with Crippen LogP contribution in [0.2, 0.25) is 0 Å². The average Bonchev–Trinajstić information content (AvgIpc) is 3.41. The Bertz CT molecular complexity index is 2150. The summed E-state index contributed by atoms with van der Waals surface area (Å²) >= 11 is 1.98. The Morgan fingerprint density at radius 1 is 0.786 bits per heavy atom. The van der Waals surface area contributed by atoms with E-state index in [9.17, 15) is 24.3 Å². The first-order valence-electron chi connectivity index (χ1n) is 13.1. The van der Waals surface area contributed by atoms with Gasteiger partial charge in [0, 0.05) is 0 Å². The lowest BCUT2D eigenvalue weighted by atomic mass is 9.90. The van der Waals surface area contributed by atoms with Gasteiger partial charge in [0.25, 0.3) is 0 Å². The Labute approximate surface area is 250 Å². The lowest BCUT2D eigenvalue weighted by molar-refractivity contribution is 0.245. The molecule has 5 aromatic rings. The number of para-hydroxylation sites is 2. The van der Waals surface area contributed by atoms with Crippen molar-refractivity contribution in [3.63, 3.8) is 0 Å². The molecule has 0 amide bonds. The van der Waals surface area contributed by atoms with Crippen LogP contribution in [0.1, 0.15) is 17.6 Å². The van der Waals surface area contributed by atoms with E-state index in [1.807, 2.05) is 28.7 Å². The highest BCUT2D eigenvalue weighted by Crippen LogP contribution is 2.42. The summed E-state index contributed by atoms with van der Waals surface area (Å²) in [6, 6.07) is 19.0. The summed E-state index contributed by atoms with van der Waals surface area (Å²) in [4.78, 5) is 55.3. The number of nitrogens with zero attached hydrogens (tertiary/aromatic N) is 6. The SMILES string of the molecule is COc1cc([C@H]2C3=CCn4c(=O)n(-c5ccccc5)c(=O)n4[C@@H]3Cn3c(=O)n(-c4ccccc4)c(=O)n32)cc(I)c1O. The summed E-state index contributed by atoms with van der Waals surface area (Å²) in [7, 11) is 1.43. The molecule has 0 aliphatic carbocycles. The molecule has 13 heteroatoms. The Morgan fingerprint density at radius 3 is 1.95 bits per heavy atom. The second-order valence-electron chi connectivity index (χ2n) is 10.0. The molecule has 2 aliphatic heterocycles. The van der Waals surface area contributed by atoms with Gasteiger partial charge in [0.2, 0.25) is 0 Å². The van der Waals surface area contributed by atoms with Crippen LogP contribution in [0.4, 0.5) is 0 Å². The van der Waals surface area contributed by atoms with Crippen LogP contribution in [0.25, 0.3) is 11.4 Å². The van der Waals surface area contributed by atoms with E-state index in [2.05, 4.69) is 0 Å². The number of aromatic hydroxyl groups is 1. The maximum Gasteiger partial charge on any atom is 0.352 e. The minimum Gasteiger partial charge on any atom is -0.504 e. The van der Waals surface area contributed by atoms with E-state index in [-0.39, 0.29) is 24.6 Å². The first-order chi connectivity index (χ1) is 20.3. The topological polar surface area (TPSA) is 127 Å². The molecular formula is C29H23IN6O6. The minimum absolute atomic E-state index is 0.0524. The molecule has 0 spiro atoms. The maximum absolute atomic E-state index is 14.0. The lowest BCUT2D eigenvalue weighted by Crippen LogP contribution is -2.47. The van der Waals surface area contributed by atoms with Gasteiger partial charge in [-0.25, -0.2) is 47.0 Å². The van der Waals surface area contributed by atoms with Crippen molar-refractivity contribution in [3.05, 3.63) is 136 Å². The standard InChI is InChI=1S/C29H23IN6O6/c1-42-23-15-17(14-21(30)25(23)37)24-20-12-13-31-26(38)33(18-8-4-2-5-9-18)28(40)35(31)22(20)16-32-27(39)34(29(41)36(24)32)19-10-6-3-7-11-19/h2-12,14-15,22,24,37H,13,16H2,1H3/t22-,24+/m1/s1. The van der Waals surface area contributed by atoms with Crippen molar-refractivity contribution in [2.75, 3.05) is 7.11 Å². The Balaban J connectivity index is 1.51. The van der Waals surface area contributed by atoms with Gasteiger partial charge in [-0.15, -0.1) is 0 Å². The maximum atomic E-state index is 14.0. The highest BCUT2D eigenvalue weighted by molar-refractivity contribution is 14.1. The van der Waals surface area contributed by atoms with E-state index in [1.54, 1.807) is 72.8 Å². The van der Waals surface area contributed by atoms with Gasteiger partial charge in [-0.05, 0) is 70.1 Å². The minimum atomic E-state index is -0.840. The molecule has 7 rings (SSSR count). The molecule has 1 N–H and O–H groups in total. The van der Waals surface area contributed by atoms with Gasteiger partial charge in [-0.3, -0.25) is 0 Å². The number of ether oxygens (including phenoxy) is 1. The zero-order valence-corrected chi connectivity index (χ0v) is 24.3. The third kappa shape index (κ3) is 3.65. The molecule has 0 fully saturated rings. The van der Waals surface area contributed by atoms with Crippen LogP contribution in [-0.4, -0.2) is 40.1 Å². The molecule has 0 saturated heterocycles. The predicted molar refractivity (Wildman–Crippen MR) is 161 cm³/mol. The number of phenols is 1. The van der Waals surface area contributed by atoms with E-state index in [0.29, 0.717) is 26.1 Å². The van der Waals surface area contributed by atoms with Crippen molar-refractivity contribution in [1.29, 1.82) is 0 Å². The highest BCUT2D eigenvalue weighted by atomic mass is 127. The number of fused-ring (bicyclic) bond motifs is 4. The normalized spacial score (nSPS) is 17.2. The van der Waals surface area contributed by atoms with Crippen molar-refractivity contribution < 1.29 is 9.84 Å². The van der Waals surface area contributed by atoms with Crippen molar-refractivity contribution in [3.8, 4) is 22.9 Å². The molecule has 4 heterocycles. The summed E-state index contributed by atoms with van der Waals surface area (Å²) in [6.07, 6.45) is 1.83. The molecule has 2 aliphatic rings. The van der Waals surface area contributed by atoms with Crippen LogP contribution in [-0.2, 0) is 13.1 Å². The number of halogens is 1. The number of benzene rings is 3. The van der Waals surface area contributed by atoms with Crippen molar-refractivity contribution in [2.45, 2.75) is 25.2 Å². The number of methoxy groups -OCH3 is 1. The summed E-state index contributed by atoms with van der Waals surface area (Å²) in [5, 5.41) is 10.5. The first kappa shape index (κ1) is 26.1. The molecular weight excluding hydrogens is 655 g/mol. The van der Waals surface area contributed by atoms with Gasteiger partial charge >= 0.3 is 22.8 Å². The van der Waals surface area contributed by atoms with Gasteiger partial charge in [0.05, 0.1) is 41.2 Å².